The van der Waals surface area contributed by atoms with Crippen molar-refractivity contribution in [2.24, 2.45) is 4.99 Å². The summed E-state index contributed by atoms with van der Waals surface area (Å²) in [6, 6.07) is 7.74. The van der Waals surface area contributed by atoms with E-state index < -0.39 is 10.0 Å². The molecular weight excluding hydrogens is 324 g/mol. The first-order valence-corrected chi connectivity index (χ1v) is 9.31. The van der Waals surface area contributed by atoms with Gasteiger partial charge < -0.3 is 10.6 Å². The van der Waals surface area contributed by atoms with Gasteiger partial charge in [-0.2, -0.15) is 0 Å². The van der Waals surface area contributed by atoms with Gasteiger partial charge in [0.1, 0.15) is 0 Å². The summed E-state index contributed by atoms with van der Waals surface area (Å²) in [6.07, 6.45) is 2.70. The lowest BCUT2D eigenvalue weighted by molar-refractivity contribution is 0.584. The molecule has 1 aromatic carbocycles. The van der Waals surface area contributed by atoms with Gasteiger partial charge in [-0.1, -0.05) is 23.7 Å². The Morgan fingerprint density at radius 2 is 1.77 bits per heavy atom. The van der Waals surface area contributed by atoms with Crippen LogP contribution in [0.4, 0.5) is 0 Å². The lowest BCUT2D eigenvalue weighted by Gasteiger charge is -2.12. The molecule has 22 heavy (non-hydrogen) atoms. The molecule has 0 aliphatic rings. The molecule has 0 spiro atoms. The first-order valence-electron chi connectivity index (χ1n) is 7.04. The molecule has 0 aromatic heterocycles. The Hall–Kier alpha value is -1.31. The van der Waals surface area contributed by atoms with Crippen LogP contribution in [0.1, 0.15) is 12.0 Å². The van der Waals surface area contributed by atoms with Crippen LogP contribution in [-0.4, -0.2) is 47.3 Å². The van der Waals surface area contributed by atoms with E-state index in [1.54, 1.807) is 7.05 Å². The number of sulfonamides is 1. The third kappa shape index (κ3) is 8.86. The smallest absolute Gasteiger partial charge is 0.208 e. The van der Waals surface area contributed by atoms with Crippen LogP contribution in [0.15, 0.2) is 29.3 Å². The summed E-state index contributed by atoms with van der Waals surface area (Å²) in [5.41, 5.74) is 1.20. The normalized spacial score (nSPS) is 12.2. The third-order valence-corrected chi connectivity index (χ3v) is 3.83. The molecule has 0 unspecified atom stereocenters. The van der Waals surface area contributed by atoms with Gasteiger partial charge in [0.2, 0.25) is 10.0 Å². The molecule has 6 nitrogen and oxygen atoms in total. The second-order valence-corrected chi connectivity index (χ2v) is 7.09. The summed E-state index contributed by atoms with van der Waals surface area (Å²) in [5.74, 6) is 0.702. The highest BCUT2D eigenvalue weighted by atomic mass is 35.5. The summed E-state index contributed by atoms with van der Waals surface area (Å²) < 4.78 is 24.3. The van der Waals surface area contributed by atoms with E-state index in [-0.39, 0.29) is 0 Å². The molecule has 0 saturated carbocycles. The first kappa shape index (κ1) is 18.7. The van der Waals surface area contributed by atoms with Crippen LogP contribution < -0.4 is 15.4 Å². The average molecular weight is 347 g/mol. The van der Waals surface area contributed by atoms with E-state index >= 15 is 0 Å². The summed E-state index contributed by atoms with van der Waals surface area (Å²) in [6.45, 7) is 1.81. The molecule has 0 bridgehead atoms. The molecule has 1 rings (SSSR count). The lowest BCUT2D eigenvalue weighted by Crippen LogP contribution is -2.39. The largest absolute Gasteiger partial charge is 0.356 e. The number of aliphatic imine (C=N–C) groups is 1. The highest BCUT2D eigenvalue weighted by molar-refractivity contribution is 7.88. The number of guanidine groups is 1. The van der Waals surface area contributed by atoms with Crippen molar-refractivity contribution in [3.8, 4) is 0 Å². The Balaban J connectivity index is 2.18. The summed E-state index contributed by atoms with van der Waals surface area (Å²) >= 11 is 5.84. The van der Waals surface area contributed by atoms with Gasteiger partial charge in [-0.3, -0.25) is 4.99 Å². The van der Waals surface area contributed by atoms with Crippen molar-refractivity contribution >= 4 is 27.6 Å². The Kier molecular flexibility index (Phi) is 8.22. The molecule has 0 saturated heterocycles. The van der Waals surface area contributed by atoms with Crippen molar-refractivity contribution in [1.82, 2.24) is 15.4 Å². The minimum absolute atomic E-state index is 0.410. The Bertz CT molecular complexity index is 573. The minimum Gasteiger partial charge on any atom is -0.356 e. The van der Waals surface area contributed by atoms with Crippen LogP contribution >= 0.6 is 11.6 Å². The molecule has 0 aliphatic carbocycles. The molecule has 0 amide bonds. The standard InChI is InChI=1S/C14H23ClN4O2S/c1-16-14(17-9-3-10-19-22(2,20)21)18-11-8-12-4-6-13(15)7-5-12/h4-7,19H,3,8-11H2,1-2H3,(H2,16,17,18). The topological polar surface area (TPSA) is 82.6 Å². The molecule has 0 atom stereocenters. The van der Waals surface area contributed by atoms with Crippen molar-refractivity contribution in [1.29, 1.82) is 0 Å². The lowest BCUT2D eigenvalue weighted by atomic mass is 10.1. The molecule has 0 radical (unpaired) electrons. The first-order chi connectivity index (χ1) is 10.4. The minimum atomic E-state index is -3.11. The van der Waals surface area contributed by atoms with E-state index in [1.807, 2.05) is 24.3 Å². The maximum Gasteiger partial charge on any atom is 0.208 e. The van der Waals surface area contributed by atoms with Gasteiger partial charge in [0.25, 0.3) is 0 Å². The zero-order valence-electron chi connectivity index (χ0n) is 12.9. The number of benzene rings is 1. The monoisotopic (exact) mass is 346 g/mol. The number of hydrogen-bond acceptors (Lipinski definition) is 3. The van der Waals surface area contributed by atoms with Gasteiger partial charge in [-0.25, -0.2) is 13.1 Å². The molecule has 124 valence electrons. The Morgan fingerprint density at radius 1 is 1.14 bits per heavy atom. The predicted molar refractivity (Wildman–Crippen MR) is 92.0 cm³/mol. The maximum absolute atomic E-state index is 10.9. The zero-order chi connectivity index (χ0) is 16.4. The van der Waals surface area contributed by atoms with Crippen LogP contribution in [0, 0.1) is 0 Å². The number of rotatable bonds is 8. The van der Waals surface area contributed by atoms with Gasteiger partial charge in [-0.05, 0) is 30.5 Å². The van der Waals surface area contributed by atoms with E-state index in [0.717, 1.165) is 24.2 Å². The summed E-state index contributed by atoms with van der Waals surface area (Å²) in [5, 5.41) is 7.07. The zero-order valence-corrected chi connectivity index (χ0v) is 14.5. The van der Waals surface area contributed by atoms with Gasteiger partial charge >= 0.3 is 0 Å². The van der Waals surface area contributed by atoms with Crippen LogP contribution in [0.25, 0.3) is 0 Å². The van der Waals surface area contributed by atoms with Crippen LogP contribution in [0.5, 0.6) is 0 Å². The fraction of sp³-hybridized carbons (Fsp3) is 0.500. The highest BCUT2D eigenvalue weighted by Gasteiger charge is 2.00. The molecule has 0 fully saturated rings. The van der Waals surface area contributed by atoms with Gasteiger partial charge in [0.05, 0.1) is 6.26 Å². The van der Waals surface area contributed by atoms with Crippen LogP contribution in [-0.2, 0) is 16.4 Å². The number of nitrogens with one attached hydrogen (secondary N) is 3. The van der Waals surface area contributed by atoms with Crippen molar-refractivity contribution in [3.05, 3.63) is 34.9 Å². The molecule has 1 aromatic rings. The predicted octanol–water partition coefficient (Wildman–Crippen LogP) is 0.987. The molecule has 3 N–H and O–H groups in total. The molecule has 0 aliphatic heterocycles. The van der Waals surface area contributed by atoms with Crippen LogP contribution in [0.2, 0.25) is 5.02 Å². The van der Waals surface area contributed by atoms with Crippen molar-refractivity contribution in [2.75, 3.05) is 32.9 Å². The maximum atomic E-state index is 10.9. The van der Waals surface area contributed by atoms with E-state index in [2.05, 4.69) is 20.3 Å². The summed E-state index contributed by atoms with van der Waals surface area (Å²) in [4.78, 5) is 4.11. The molecular formula is C14H23ClN4O2S. The second-order valence-electron chi connectivity index (χ2n) is 4.82. The van der Waals surface area contributed by atoms with Crippen molar-refractivity contribution in [3.63, 3.8) is 0 Å². The highest BCUT2D eigenvalue weighted by Crippen LogP contribution is 2.09. The quantitative estimate of drug-likeness (QED) is 0.372. The third-order valence-electron chi connectivity index (χ3n) is 2.85. The van der Waals surface area contributed by atoms with Gasteiger partial charge in [0.15, 0.2) is 5.96 Å². The number of nitrogens with zero attached hydrogens (tertiary/aromatic N) is 1. The van der Waals surface area contributed by atoms with E-state index in [9.17, 15) is 8.42 Å². The Morgan fingerprint density at radius 3 is 2.36 bits per heavy atom. The Labute approximate surface area is 137 Å². The molecule has 8 heteroatoms. The van der Waals surface area contributed by atoms with Gasteiger partial charge in [-0.15, -0.1) is 0 Å². The average Bonchev–Trinajstić information content (AvgIpc) is 2.46. The van der Waals surface area contributed by atoms with Crippen molar-refractivity contribution < 1.29 is 8.42 Å². The number of halogens is 1. The van der Waals surface area contributed by atoms with Crippen LogP contribution in [0.3, 0.4) is 0 Å². The SMILES string of the molecule is CN=C(NCCCNS(C)(=O)=O)NCCc1ccc(Cl)cc1. The van der Waals surface area contributed by atoms with E-state index in [1.165, 1.54) is 5.56 Å². The fourth-order valence-electron chi connectivity index (χ4n) is 1.75. The summed E-state index contributed by atoms with van der Waals surface area (Å²) in [7, 11) is -1.41. The van der Waals surface area contributed by atoms with E-state index in [0.29, 0.717) is 25.5 Å². The van der Waals surface area contributed by atoms with Crippen molar-refractivity contribution in [2.45, 2.75) is 12.8 Å². The molecule has 0 heterocycles. The fourth-order valence-corrected chi connectivity index (χ4v) is 2.39. The number of hydrogen-bond donors (Lipinski definition) is 3. The van der Waals surface area contributed by atoms with Gasteiger partial charge in [0, 0.05) is 31.7 Å². The second kappa shape index (κ2) is 9.66. The van der Waals surface area contributed by atoms with E-state index in [4.69, 9.17) is 11.6 Å².